The van der Waals surface area contributed by atoms with E-state index in [4.69, 9.17) is 4.74 Å². The third-order valence-corrected chi connectivity index (χ3v) is 2.88. The summed E-state index contributed by atoms with van der Waals surface area (Å²) in [7, 11) is 0. The summed E-state index contributed by atoms with van der Waals surface area (Å²) in [6, 6.07) is 4.27. The average molecular weight is 289 g/mol. The quantitative estimate of drug-likeness (QED) is 0.894. The van der Waals surface area contributed by atoms with Crippen LogP contribution < -0.4 is 15.4 Å². The minimum Gasteiger partial charge on any atom is -0.491 e. The molecule has 1 saturated heterocycles. The number of nitrogens with one attached hydrogen (secondary N) is 2. The van der Waals surface area contributed by atoms with Crippen LogP contribution in [-0.2, 0) is 4.79 Å². The van der Waals surface area contributed by atoms with Crippen LogP contribution in [0.25, 0.3) is 0 Å². The molecule has 1 fully saturated rings. The number of carbonyl (C=O) groups excluding carboxylic acids is 1. The van der Waals surface area contributed by atoms with Gasteiger partial charge in [-0.3, -0.25) is 4.79 Å². The van der Waals surface area contributed by atoms with Gasteiger partial charge < -0.3 is 15.4 Å². The zero-order valence-electron chi connectivity index (χ0n) is 10.7. The highest BCUT2D eigenvalue weighted by Gasteiger charge is 2.22. The SMILES string of the molecule is CCOc1ccc(NC(=O)[C@@H]2CCCN2)cc1F.Cl. The van der Waals surface area contributed by atoms with Crippen molar-refractivity contribution >= 4 is 24.0 Å². The molecular weight excluding hydrogens is 271 g/mol. The van der Waals surface area contributed by atoms with Gasteiger partial charge in [-0.05, 0) is 38.4 Å². The smallest absolute Gasteiger partial charge is 0.241 e. The maximum Gasteiger partial charge on any atom is 0.241 e. The van der Waals surface area contributed by atoms with Gasteiger partial charge in [-0.2, -0.15) is 0 Å². The summed E-state index contributed by atoms with van der Waals surface area (Å²) in [4.78, 5) is 11.8. The van der Waals surface area contributed by atoms with Gasteiger partial charge >= 0.3 is 0 Å². The lowest BCUT2D eigenvalue weighted by Gasteiger charge is -2.12. The van der Waals surface area contributed by atoms with Crippen LogP contribution in [0.3, 0.4) is 0 Å². The highest BCUT2D eigenvalue weighted by molar-refractivity contribution is 5.95. The standard InChI is InChI=1S/C13H17FN2O2.ClH/c1-2-18-12-6-5-9(8-10(12)14)16-13(17)11-4-3-7-15-11;/h5-6,8,11,15H,2-4,7H2,1H3,(H,16,17);1H/t11-;/m0./s1. The second-order valence-electron chi connectivity index (χ2n) is 4.22. The van der Waals surface area contributed by atoms with Crippen LogP contribution in [0.5, 0.6) is 5.75 Å². The fraction of sp³-hybridized carbons (Fsp3) is 0.462. The molecule has 0 saturated carbocycles. The highest BCUT2D eigenvalue weighted by atomic mass is 35.5. The summed E-state index contributed by atoms with van der Waals surface area (Å²) < 4.78 is 18.7. The van der Waals surface area contributed by atoms with Gasteiger partial charge in [0.25, 0.3) is 0 Å². The molecule has 6 heteroatoms. The zero-order chi connectivity index (χ0) is 13.0. The molecule has 1 aliphatic heterocycles. The first-order valence-electron chi connectivity index (χ1n) is 6.17. The molecule has 1 atom stereocenters. The number of halogens is 2. The molecule has 0 spiro atoms. The molecule has 19 heavy (non-hydrogen) atoms. The molecule has 0 unspecified atom stereocenters. The van der Waals surface area contributed by atoms with Gasteiger partial charge in [0.1, 0.15) is 0 Å². The van der Waals surface area contributed by atoms with Gasteiger partial charge in [-0.1, -0.05) is 0 Å². The van der Waals surface area contributed by atoms with Crippen LogP contribution in [-0.4, -0.2) is 25.1 Å². The van der Waals surface area contributed by atoms with Gasteiger partial charge in [-0.25, -0.2) is 4.39 Å². The van der Waals surface area contributed by atoms with Crippen molar-refractivity contribution in [2.45, 2.75) is 25.8 Å². The van der Waals surface area contributed by atoms with E-state index in [0.717, 1.165) is 19.4 Å². The largest absolute Gasteiger partial charge is 0.491 e. The Morgan fingerprint density at radius 1 is 1.58 bits per heavy atom. The van der Waals surface area contributed by atoms with Crippen molar-refractivity contribution in [2.75, 3.05) is 18.5 Å². The third-order valence-electron chi connectivity index (χ3n) is 2.88. The van der Waals surface area contributed by atoms with Crippen molar-refractivity contribution in [1.82, 2.24) is 5.32 Å². The Morgan fingerprint density at radius 3 is 2.95 bits per heavy atom. The third kappa shape index (κ3) is 4.08. The maximum absolute atomic E-state index is 13.6. The Morgan fingerprint density at radius 2 is 2.37 bits per heavy atom. The molecule has 0 aliphatic carbocycles. The first-order valence-corrected chi connectivity index (χ1v) is 6.17. The average Bonchev–Trinajstić information content (AvgIpc) is 2.86. The van der Waals surface area contributed by atoms with E-state index in [1.165, 1.54) is 12.1 Å². The number of benzene rings is 1. The van der Waals surface area contributed by atoms with Crippen molar-refractivity contribution in [1.29, 1.82) is 0 Å². The van der Waals surface area contributed by atoms with Crippen LogP contribution in [0.15, 0.2) is 18.2 Å². The summed E-state index contributed by atoms with van der Waals surface area (Å²) in [5.41, 5.74) is 0.453. The molecule has 106 valence electrons. The Hall–Kier alpha value is -1.33. The van der Waals surface area contributed by atoms with Gasteiger partial charge in [0.05, 0.1) is 12.6 Å². The second kappa shape index (κ2) is 7.31. The molecule has 4 nitrogen and oxygen atoms in total. The van der Waals surface area contributed by atoms with Gasteiger partial charge in [0, 0.05) is 11.8 Å². The molecule has 1 amide bonds. The predicted octanol–water partition coefficient (Wildman–Crippen LogP) is 2.34. The molecule has 2 rings (SSSR count). The van der Waals surface area contributed by atoms with Crippen molar-refractivity contribution < 1.29 is 13.9 Å². The van der Waals surface area contributed by atoms with Crippen LogP contribution in [0, 0.1) is 5.82 Å². The Labute approximate surface area is 118 Å². The van der Waals surface area contributed by atoms with Crippen molar-refractivity contribution in [3.8, 4) is 5.75 Å². The lowest BCUT2D eigenvalue weighted by atomic mass is 10.2. The number of amides is 1. The van der Waals surface area contributed by atoms with Crippen molar-refractivity contribution in [2.24, 2.45) is 0 Å². The topological polar surface area (TPSA) is 50.4 Å². The van der Waals surface area contributed by atoms with E-state index in [0.29, 0.717) is 12.3 Å². The molecule has 0 bridgehead atoms. The first kappa shape index (κ1) is 15.7. The molecular formula is C13H18ClFN2O2. The Bertz CT molecular complexity index is 437. The fourth-order valence-corrected chi connectivity index (χ4v) is 1.99. The van der Waals surface area contributed by atoms with E-state index in [9.17, 15) is 9.18 Å². The summed E-state index contributed by atoms with van der Waals surface area (Å²) >= 11 is 0. The van der Waals surface area contributed by atoms with Crippen molar-refractivity contribution in [3.63, 3.8) is 0 Å². The van der Waals surface area contributed by atoms with E-state index in [1.807, 2.05) is 0 Å². The molecule has 1 aromatic carbocycles. The number of rotatable bonds is 4. The summed E-state index contributed by atoms with van der Waals surface area (Å²) in [5, 5.41) is 5.79. The molecule has 0 aromatic heterocycles. The normalized spacial score (nSPS) is 17.7. The summed E-state index contributed by atoms with van der Waals surface area (Å²) in [6.07, 6.45) is 1.82. The van der Waals surface area contributed by atoms with E-state index < -0.39 is 5.82 Å². The Balaban J connectivity index is 0.00000180. The minimum absolute atomic E-state index is 0. The molecule has 0 radical (unpaired) electrons. The van der Waals surface area contributed by atoms with Crippen LogP contribution in [0.2, 0.25) is 0 Å². The number of anilines is 1. The summed E-state index contributed by atoms with van der Waals surface area (Å²) in [5.74, 6) is -0.375. The monoisotopic (exact) mass is 288 g/mol. The van der Waals surface area contributed by atoms with E-state index in [-0.39, 0.29) is 30.1 Å². The van der Waals surface area contributed by atoms with Gasteiger partial charge in [-0.15, -0.1) is 12.4 Å². The van der Waals surface area contributed by atoms with Crippen LogP contribution in [0.1, 0.15) is 19.8 Å². The zero-order valence-corrected chi connectivity index (χ0v) is 11.6. The van der Waals surface area contributed by atoms with Crippen molar-refractivity contribution in [3.05, 3.63) is 24.0 Å². The number of hydrogen-bond donors (Lipinski definition) is 2. The highest BCUT2D eigenvalue weighted by Crippen LogP contribution is 2.21. The second-order valence-corrected chi connectivity index (χ2v) is 4.22. The van der Waals surface area contributed by atoms with E-state index in [1.54, 1.807) is 13.0 Å². The Kier molecular flexibility index (Phi) is 6.05. The number of hydrogen-bond acceptors (Lipinski definition) is 3. The van der Waals surface area contributed by atoms with E-state index >= 15 is 0 Å². The van der Waals surface area contributed by atoms with Gasteiger partial charge in [0.15, 0.2) is 11.6 Å². The maximum atomic E-state index is 13.6. The minimum atomic E-state index is -0.464. The van der Waals surface area contributed by atoms with Crippen LogP contribution in [0.4, 0.5) is 10.1 Å². The fourth-order valence-electron chi connectivity index (χ4n) is 1.99. The lowest BCUT2D eigenvalue weighted by Crippen LogP contribution is -2.35. The van der Waals surface area contributed by atoms with Gasteiger partial charge in [0.2, 0.25) is 5.91 Å². The molecule has 2 N–H and O–H groups in total. The van der Waals surface area contributed by atoms with Crippen LogP contribution >= 0.6 is 12.4 Å². The lowest BCUT2D eigenvalue weighted by molar-refractivity contribution is -0.117. The number of carbonyl (C=O) groups is 1. The molecule has 1 aromatic rings. The summed E-state index contributed by atoms with van der Waals surface area (Å²) in [6.45, 7) is 3.06. The molecule has 1 aliphatic rings. The van der Waals surface area contributed by atoms with E-state index in [2.05, 4.69) is 10.6 Å². The molecule has 1 heterocycles. The first-order chi connectivity index (χ1) is 8.70. The number of ether oxygens (including phenoxy) is 1. The predicted molar refractivity (Wildman–Crippen MR) is 74.5 cm³/mol.